The minimum absolute atomic E-state index is 0.0572. The van der Waals surface area contributed by atoms with Crippen molar-refractivity contribution in [1.29, 1.82) is 0 Å². The third-order valence-electron chi connectivity index (χ3n) is 6.83. The first-order chi connectivity index (χ1) is 17.4. The largest absolute Gasteiger partial charge is 0.494 e. The predicted octanol–water partition coefficient (Wildman–Crippen LogP) is 5.73. The normalized spacial score (nSPS) is 20.1. The van der Waals surface area contributed by atoms with Gasteiger partial charge in [0, 0.05) is 17.3 Å². The van der Waals surface area contributed by atoms with Crippen molar-refractivity contribution in [3.8, 4) is 17.2 Å². The zero-order valence-electron chi connectivity index (χ0n) is 20.5. The number of ether oxygens (including phenoxy) is 3. The molecule has 0 bridgehead atoms. The number of rotatable bonds is 8. The molecule has 0 fully saturated rings. The highest BCUT2D eigenvalue weighted by Crippen LogP contribution is 2.51. The van der Waals surface area contributed by atoms with Gasteiger partial charge in [-0.1, -0.05) is 18.2 Å². The van der Waals surface area contributed by atoms with E-state index in [4.69, 9.17) is 14.2 Å². The molecule has 8 heteroatoms. The van der Waals surface area contributed by atoms with Gasteiger partial charge in [-0.25, -0.2) is 8.42 Å². The minimum atomic E-state index is -3.76. The van der Waals surface area contributed by atoms with Crippen LogP contribution in [0.5, 0.6) is 17.2 Å². The maximum absolute atomic E-state index is 13.2. The van der Waals surface area contributed by atoms with Gasteiger partial charge in [-0.2, -0.15) is 0 Å². The fourth-order valence-corrected chi connectivity index (χ4v) is 6.21. The van der Waals surface area contributed by atoms with E-state index in [1.165, 1.54) is 0 Å². The van der Waals surface area contributed by atoms with Gasteiger partial charge >= 0.3 is 0 Å². The number of anilines is 2. The van der Waals surface area contributed by atoms with Crippen LogP contribution >= 0.6 is 0 Å². The van der Waals surface area contributed by atoms with Crippen molar-refractivity contribution < 1.29 is 22.6 Å². The molecule has 0 radical (unpaired) electrons. The van der Waals surface area contributed by atoms with E-state index < -0.39 is 10.0 Å². The highest BCUT2D eigenvalue weighted by molar-refractivity contribution is 7.92. The van der Waals surface area contributed by atoms with Crippen molar-refractivity contribution in [2.45, 2.75) is 30.2 Å². The monoisotopic (exact) mass is 506 g/mol. The minimum Gasteiger partial charge on any atom is -0.494 e. The van der Waals surface area contributed by atoms with Crippen molar-refractivity contribution in [3.63, 3.8) is 0 Å². The van der Waals surface area contributed by atoms with Gasteiger partial charge in [0.15, 0.2) is 11.5 Å². The number of nitrogens with one attached hydrogen (secondary N) is 2. The number of benzene rings is 3. The molecule has 0 saturated heterocycles. The summed E-state index contributed by atoms with van der Waals surface area (Å²) < 4.78 is 45.4. The van der Waals surface area contributed by atoms with Gasteiger partial charge in [0.25, 0.3) is 10.0 Å². The molecule has 1 aliphatic heterocycles. The molecular formula is C28H30N2O5S. The first-order valence-corrected chi connectivity index (χ1v) is 13.5. The number of sulfonamides is 1. The average Bonchev–Trinajstić information content (AvgIpc) is 3.39. The zero-order valence-corrected chi connectivity index (χ0v) is 21.3. The Balaban J connectivity index is 1.43. The predicted molar refractivity (Wildman–Crippen MR) is 141 cm³/mol. The van der Waals surface area contributed by atoms with Crippen molar-refractivity contribution in [2.24, 2.45) is 5.92 Å². The van der Waals surface area contributed by atoms with Crippen LogP contribution in [0.25, 0.3) is 0 Å². The Morgan fingerprint density at radius 1 is 0.972 bits per heavy atom. The van der Waals surface area contributed by atoms with E-state index in [0.717, 1.165) is 23.2 Å². The van der Waals surface area contributed by atoms with E-state index in [0.29, 0.717) is 29.5 Å². The van der Waals surface area contributed by atoms with Crippen molar-refractivity contribution >= 4 is 21.4 Å². The quantitative estimate of drug-likeness (QED) is 0.380. The first-order valence-electron chi connectivity index (χ1n) is 12.0. The van der Waals surface area contributed by atoms with Gasteiger partial charge in [-0.3, -0.25) is 4.72 Å². The van der Waals surface area contributed by atoms with Crippen LogP contribution < -0.4 is 24.2 Å². The van der Waals surface area contributed by atoms with Gasteiger partial charge < -0.3 is 19.5 Å². The lowest BCUT2D eigenvalue weighted by Gasteiger charge is -2.38. The van der Waals surface area contributed by atoms with E-state index in [1.54, 1.807) is 50.6 Å². The van der Waals surface area contributed by atoms with Gasteiger partial charge in [-0.15, -0.1) is 0 Å². The summed E-state index contributed by atoms with van der Waals surface area (Å²) in [7, 11) is -0.498. The molecule has 3 atom stereocenters. The molecule has 0 aromatic heterocycles. The molecule has 7 nitrogen and oxygen atoms in total. The molecule has 3 aromatic carbocycles. The molecule has 188 valence electrons. The summed E-state index contributed by atoms with van der Waals surface area (Å²) in [5.41, 5.74) is 3.51. The van der Waals surface area contributed by atoms with E-state index >= 15 is 0 Å². The van der Waals surface area contributed by atoms with Crippen LogP contribution in [0.15, 0.2) is 77.7 Å². The van der Waals surface area contributed by atoms with Gasteiger partial charge in [0.1, 0.15) is 5.75 Å². The van der Waals surface area contributed by atoms with Crippen LogP contribution in [0.1, 0.15) is 36.4 Å². The SMILES string of the molecule is CCOc1ccc(NS(=O)(=O)c2ccc3c(c2)[C@H]2C=CC[C@H]2[C@@H](c2ccc(OC)c(OC)c2)N3)cc1. The van der Waals surface area contributed by atoms with E-state index in [2.05, 4.69) is 28.3 Å². The molecule has 0 spiro atoms. The lowest BCUT2D eigenvalue weighted by atomic mass is 9.77. The third-order valence-corrected chi connectivity index (χ3v) is 8.21. The Morgan fingerprint density at radius 2 is 1.75 bits per heavy atom. The maximum Gasteiger partial charge on any atom is 0.261 e. The standard InChI is InChI=1S/C28H30N2O5S/c1-4-35-20-11-9-19(10-12-20)30-36(31,32)21-13-14-25-24(17-21)22-6-5-7-23(22)28(29-25)18-8-15-26(33-2)27(16-18)34-3/h5-6,8-17,22-23,28-30H,4,7H2,1-3H3/t22-,23+,28+/m0/s1. The molecule has 0 amide bonds. The lowest BCUT2D eigenvalue weighted by molar-refractivity contribution is 0.340. The summed E-state index contributed by atoms with van der Waals surface area (Å²) in [4.78, 5) is 0.237. The van der Waals surface area contributed by atoms with Crippen LogP contribution in [0.4, 0.5) is 11.4 Å². The number of methoxy groups -OCH3 is 2. The van der Waals surface area contributed by atoms with Crippen molar-refractivity contribution in [3.05, 3.63) is 83.9 Å². The maximum atomic E-state index is 13.2. The Morgan fingerprint density at radius 3 is 2.47 bits per heavy atom. The molecule has 1 heterocycles. The molecule has 2 aliphatic rings. The Kier molecular flexibility index (Phi) is 6.53. The topological polar surface area (TPSA) is 85.9 Å². The Bertz CT molecular complexity index is 1390. The molecule has 0 saturated carbocycles. The van der Waals surface area contributed by atoms with Gasteiger partial charge in [-0.05, 0) is 85.0 Å². The van der Waals surface area contributed by atoms with Gasteiger partial charge in [0.2, 0.25) is 0 Å². The lowest BCUT2D eigenvalue weighted by Crippen LogP contribution is -2.29. The van der Waals surface area contributed by atoms with E-state index in [-0.39, 0.29) is 22.8 Å². The average molecular weight is 507 g/mol. The Labute approximate surface area is 212 Å². The summed E-state index contributed by atoms with van der Waals surface area (Å²) in [5, 5.41) is 3.65. The summed E-state index contributed by atoms with van der Waals surface area (Å²) >= 11 is 0. The van der Waals surface area contributed by atoms with Crippen LogP contribution in [0.2, 0.25) is 0 Å². The van der Waals surface area contributed by atoms with Crippen LogP contribution in [-0.2, 0) is 10.0 Å². The smallest absolute Gasteiger partial charge is 0.261 e. The van der Waals surface area contributed by atoms with Crippen LogP contribution in [0.3, 0.4) is 0 Å². The number of allylic oxidation sites excluding steroid dienone is 2. The molecule has 0 unspecified atom stereocenters. The summed E-state index contributed by atoms with van der Waals surface area (Å²) in [6, 6.07) is 18.2. The zero-order chi connectivity index (χ0) is 25.3. The molecule has 5 rings (SSSR count). The summed E-state index contributed by atoms with van der Waals surface area (Å²) in [6.07, 6.45) is 5.27. The van der Waals surface area contributed by atoms with E-state index in [9.17, 15) is 8.42 Å². The van der Waals surface area contributed by atoms with Crippen LogP contribution in [-0.4, -0.2) is 29.2 Å². The van der Waals surface area contributed by atoms with Gasteiger partial charge in [0.05, 0.1) is 31.8 Å². The second-order valence-corrected chi connectivity index (χ2v) is 10.6. The fraction of sp³-hybridized carbons (Fsp3) is 0.286. The molecule has 2 N–H and O–H groups in total. The molecule has 3 aromatic rings. The summed E-state index contributed by atoms with van der Waals surface area (Å²) in [6.45, 7) is 2.46. The number of fused-ring (bicyclic) bond motifs is 3. The molecular weight excluding hydrogens is 476 g/mol. The Hall–Kier alpha value is -3.65. The first kappa shape index (κ1) is 24.1. The summed E-state index contributed by atoms with van der Waals surface area (Å²) in [5.74, 6) is 2.44. The molecule has 1 aliphatic carbocycles. The molecule has 36 heavy (non-hydrogen) atoms. The van der Waals surface area contributed by atoms with Crippen LogP contribution in [0, 0.1) is 5.92 Å². The number of hydrogen-bond acceptors (Lipinski definition) is 6. The second kappa shape index (κ2) is 9.78. The second-order valence-electron chi connectivity index (χ2n) is 8.90. The van der Waals surface area contributed by atoms with Crippen molar-refractivity contribution in [2.75, 3.05) is 30.9 Å². The highest BCUT2D eigenvalue weighted by atomic mass is 32.2. The van der Waals surface area contributed by atoms with Crippen molar-refractivity contribution in [1.82, 2.24) is 0 Å². The number of hydrogen-bond donors (Lipinski definition) is 2. The highest BCUT2D eigenvalue weighted by Gasteiger charge is 2.38. The van der Waals surface area contributed by atoms with E-state index in [1.807, 2.05) is 25.1 Å². The third kappa shape index (κ3) is 4.48. The fourth-order valence-electron chi connectivity index (χ4n) is 5.12.